The van der Waals surface area contributed by atoms with Gasteiger partial charge in [0.1, 0.15) is 5.78 Å². The Bertz CT molecular complexity index is 415. The quantitative estimate of drug-likeness (QED) is 0.756. The number of hydrogen-bond acceptors (Lipinski definition) is 1. The molecule has 0 amide bonds. The lowest BCUT2D eigenvalue weighted by molar-refractivity contribution is -0.119. The van der Waals surface area contributed by atoms with Gasteiger partial charge in [0.05, 0.1) is 14.9 Å². The predicted octanol–water partition coefficient (Wildman–Crippen LogP) is 4.28. The van der Waals surface area contributed by atoms with Gasteiger partial charge in [-0.05, 0) is 37.0 Å². The van der Waals surface area contributed by atoms with Gasteiger partial charge in [-0.15, -0.1) is 0 Å². The first kappa shape index (κ1) is 12.4. The normalized spacial score (nSPS) is 17.2. The first-order valence-electron chi connectivity index (χ1n) is 5.19. The number of hydrogen-bond donors (Lipinski definition) is 0. The molecule has 4 heteroatoms. The SMILES string of the molecule is O=C(C(Br)Cc1ccc(Cl)c(Cl)c1)C1CC1. The lowest BCUT2D eigenvalue weighted by atomic mass is 10.1. The highest BCUT2D eigenvalue weighted by Crippen LogP contribution is 2.33. The smallest absolute Gasteiger partial charge is 0.149 e. The Hall–Kier alpha value is -0.0500. The molecule has 1 aliphatic carbocycles. The summed E-state index contributed by atoms with van der Waals surface area (Å²) < 4.78 is 0. The summed E-state index contributed by atoms with van der Waals surface area (Å²) in [7, 11) is 0. The monoisotopic (exact) mass is 320 g/mol. The number of benzene rings is 1. The number of carbonyl (C=O) groups is 1. The summed E-state index contributed by atoms with van der Waals surface area (Å²) in [6.07, 6.45) is 2.76. The Morgan fingerprint density at radius 1 is 1.38 bits per heavy atom. The highest BCUT2D eigenvalue weighted by Gasteiger charge is 2.33. The summed E-state index contributed by atoms with van der Waals surface area (Å²) in [5, 5.41) is 1.09. The third kappa shape index (κ3) is 2.99. The number of rotatable bonds is 4. The number of halogens is 3. The van der Waals surface area contributed by atoms with Crippen molar-refractivity contribution in [1.29, 1.82) is 0 Å². The molecule has 0 radical (unpaired) electrons. The van der Waals surface area contributed by atoms with Crippen molar-refractivity contribution in [2.75, 3.05) is 0 Å². The first-order valence-corrected chi connectivity index (χ1v) is 6.87. The van der Waals surface area contributed by atoms with Gasteiger partial charge < -0.3 is 0 Å². The zero-order valence-corrected chi connectivity index (χ0v) is 11.6. The minimum atomic E-state index is -0.0998. The number of Topliss-reactive ketones (excluding diaryl/α,β-unsaturated/α-hetero) is 1. The topological polar surface area (TPSA) is 17.1 Å². The van der Waals surface area contributed by atoms with Crippen LogP contribution in [0.25, 0.3) is 0 Å². The van der Waals surface area contributed by atoms with Crippen LogP contribution in [0.1, 0.15) is 18.4 Å². The van der Waals surface area contributed by atoms with Gasteiger partial charge in [-0.25, -0.2) is 0 Å². The summed E-state index contributed by atoms with van der Waals surface area (Å²) in [6.45, 7) is 0. The van der Waals surface area contributed by atoms with Crippen LogP contribution in [0.2, 0.25) is 10.0 Å². The second kappa shape index (κ2) is 5.07. The minimum Gasteiger partial charge on any atom is -0.298 e. The summed E-state index contributed by atoms with van der Waals surface area (Å²) in [5.41, 5.74) is 1.03. The molecule has 1 aromatic carbocycles. The van der Waals surface area contributed by atoms with Crippen LogP contribution in [0.5, 0.6) is 0 Å². The van der Waals surface area contributed by atoms with E-state index in [9.17, 15) is 4.79 Å². The van der Waals surface area contributed by atoms with Gasteiger partial charge >= 0.3 is 0 Å². The van der Waals surface area contributed by atoms with E-state index in [4.69, 9.17) is 23.2 Å². The molecule has 0 bridgehead atoms. The molecule has 1 atom stereocenters. The van der Waals surface area contributed by atoms with Crippen molar-refractivity contribution in [3.8, 4) is 0 Å². The molecule has 0 spiro atoms. The Morgan fingerprint density at radius 2 is 2.06 bits per heavy atom. The zero-order valence-electron chi connectivity index (χ0n) is 8.55. The molecule has 0 aliphatic heterocycles. The van der Waals surface area contributed by atoms with Gasteiger partial charge in [-0.1, -0.05) is 45.2 Å². The van der Waals surface area contributed by atoms with E-state index in [1.165, 1.54) is 0 Å². The minimum absolute atomic E-state index is 0.0998. The molecule has 1 nitrogen and oxygen atoms in total. The van der Waals surface area contributed by atoms with Crippen molar-refractivity contribution in [3.05, 3.63) is 33.8 Å². The second-order valence-corrected chi connectivity index (χ2v) is 6.02. The van der Waals surface area contributed by atoms with E-state index < -0.39 is 0 Å². The molecule has 16 heavy (non-hydrogen) atoms. The second-order valence-electron chi connectivity index (χ2n) is 4.10. The van der Waals surface area contributed by atoms with Crippen LogP contribution >= 0.6 is 39.1 Å². The molecule has 86 valence electrons. The summed E-state index contributed by atoms with van der Waals surface area (Å²) in [4.78, 5) is 11.7. The molecule has 0 aromatic heterocycles. The van der Waals surface area contributed by atoms with E-state index >= 15 is 0 Å². The number of alkyl halides is 1. The van der Waals surface area contributed by atoms with Crippen molar-refractivity contribution in [1.82, 2.24) is 0 Å². The highest BCUT2D eigenvalue weighted by molar-refractivity contribution is 9.10. The van der Waals surface area contributed by atoms with Crippen LogP contribution in [0.15, 0.2) is 18.2 Å². The molecule has 0 N–H and O–H groups in total. The summed E-state index contributed by atoms with van der Waals surface area (Å²) >= 11 is 15.2. The lowest BCUT2D eigenvalue weighted by Gasteiger charge is -2.08. The van der Waals surface area contributed by atoms with Crippen molar-refractivity contribution in [2.24, 2.45) is 5.92 Å². The van der Waals surface area contributed by atoms with Crippen LogP contribution in [-0.4, -0.2) is 10.6 Å². The third-order valence-corrected chi connectivity index (χ3v) is 4.20. The van der Waals surface area contributed by atoms with E-state index in [-0.39, 0.29) is 10.7 Å². The van der Waals surface area contributed by atoms with Gasteiger partial charge in [0.15, 0.2) is 0 Å². The fraction of sp³-hybridized carbons (Fsp3) is 0.417. The standard InChI is InChI=1S/C12H11BrCl2O/c13-9(12(16)8-2-3-8)5-7-1-4-10(14)11(15)6-7/h1,4,6,8-9H,2-3,5H2. The van der Waals surface area contributed by atoms with Gasteiger partial charge in [-0.2, -0.15) is 0 Å². The van der Waals surface area contributed by atoms with Gasteiger partial charge in [0.2, 0.25) is 0 Å². The largest absolute Gasteiger partial charge is 0.298 e. The number of carbonyl (C=O) groups excluding carboxylic acids is 1. The molecule has 0 saturated heterocycles. The van der Waals surface area contributed by atoms with E-state index in [0.29, 0.717) is 22.2 Å². The third-order valence-electron chi connectivity index (χ3n) is 2.69. The zero-order chi connectivity index (χ0) is 11.7. The van der Waals surface area contributed by atoms with Crippen LogP contribution in [-0.2, 0) is 11.2 Å². The van der Waals surface area contributed by atoms with E-state index in [2.05, 4.69) is 15.9 Å². The molecule has 1 saturated carbocycles. The van der Waals surface area contributed by atoms with Crippen LogP contribution in [0.3, 0.4) is 0 Å². The average Bonchev–Trinajstić information content (AvgIpc) is 3.06. The Labute approximate surface area is 113 Å². The molecule has 1 aliphatic rings. The van der Waals surface area contributed by atoms with Crippen LogP contribution in [0.4, 0.5) is 0 Å². The van der Waals surface area contributed by atoms with E-state index in [0.717, 1.165) is 18.4 Å². The molecule has 1 fully saturated rings. The molecular weight excluding hydrogens is 311 g/mol. The number of ketones is 1. The summed E-state index contributed by atoms with van der Waals surface area (Å²) in [5.74, 6) is 0.596. The van der Waals surface area contributed by atoms with Crippen molar-refractivity contribution >= 4 is 44.9 Å². The Balaban J connectivity index is 2.02. The van der Waals surface area contributed by atoms with Gasteiger partial charge in [-0.3, -0.25) is 4.79 Å². The fourth-order valence-electron chi connectivity index (χ4n) is 1.60. The molecule has 0 heterocycles. The highest BCUT2D eigenvalue weighted by atomic mass is 79.9. The predicted molar refractivity (Wildman–Crippen MR) is 70.6 cm³/mol. The van der Waals surface area contributed by atoms with Crippen LogP contribution in [0, 0.1) is 5.92 Å². The maximum atomic E-state index is 11.8. The maximum Gasteiger partial charge on any atom is 0.149 e. The molecular formula is C12H11BrCl2O. The Morgan fingerprint density at radius 3 is 2.62 bits per heavy atom. The van der Waals surface area contributed by atoms with E-state index in [1.807, 2.05) is 12.1 Å². The lowest BCUT2D eigenvalue weighted by Crippen LogP contribution is -2.18. The van der Waals surface area contributed by atoms with E-state index in [1.54, 1.807) is 6.07 Å². The maximum absolute atomic E-state index is 11.8. The van der Waals surface area contributed by atoms with Gasteiger partial charge in [0, 0.05) is 5.92 Å². The van der Waals surface area contributed by atoms with Crippen molar-refractivity contribution in [2.45, 2.75) is 24.1 Å². The molecule has 2 rings (SSSR count). The first-order chi connectivity index (χ1) is 7.58. The van der Waals surface area contributed by atoms with Crippen molar-refractivity contribution in [3.63, 3.8) is 0 Å². The average molecular weight is 322 g/mol. The molecule has 1 aromatic rings. The van der Waals surface area contributed by atoms with Crippen LogP contribution < -0.4 is 0 Å². The van der Waals surface area contributed by atoms with Crippen molar-refractivity contribution < 1.29 is 4.79 Å². The fourth-order valence-corrected chi connectivity index (χ4v) is 2.67. The molecule has 1 unspecified atom stereocenters. The Kier molecular flexibility index (Phi) is 3.93. The van der Waals surface area contributed by atoms with Gasteiger partial charge in [0.25, 0.3) is 0 Å². The summed E-state index contributed by atoms with van der Waals surface area (Å²) in [6, 6.07) is 5.49.